The summed E-state index contributed by atoms with van der Waals surface area (Å²) in [7, 11) is 0. The number of carboxylic acids is 1. The van der Waals surface area contributed by atoms with E-state index in [2.05, 4.69) is 0 Å². The average Bonchev–Trinajstić information content (AvgIpc) is 2.14. The number of ether oxygens (including phenoxy) is 1. The van der Waals surface area contributed by atoms with Gasteiger partial charge in [-0.3, -0.25) is 0 Å². The summed E-state index contributed by atoms with van der Waals surface area (Å²) in [5, 5.41) is 10.7. The number of aromatic carboxylic acids is 1. The normalized spacial score (nSPS) is 10.4. The number of rotatable bonds is 2. The van der Waals surface area contributed by atoms with Crippen LogP contribution in [0.15, 0.2) is 18.2 Å². The van der Waals surface area contributed by atoms with Gasteiger partial charge in [0.2, 0.25) is 0 Å². The Labute approximate surface area is 164 Å². The zero-order valence-electron chi connectivity index (χ0n) is 10.9. The molecule has 5 nitrogen and oxygen atoms in total. The standard InChI is InChI=1S/C12H15NO4.Cs/c1-12(2,3)17-11(16)8-6-4-5-7(9(8)13)10(14)15;/h4-6H,13H2,1-3H3,(H,14,15);/q;+1/p-1. The van der Waals surface area contributed by atoms with E-state index in [9.17, 15) is 14.7 Å². The van der Waals surface area contributed by atoms with Crippen molar-refractivity contribution in [2.75, 3.05) is 5.73 Å². The summed E-state index contributed by atoms with van der Waals surface area (Å²) < 4.78 is 5.11. The molecule has 0 fully saturated rings. The van der Waals surface area contributed by atoms with E-state index in [-0.39, 0.29) is 85.7 Å². The molecule has 2 N–H and O–H groups in total. The fourth-order valence-corrected chi connectivity index (χ4v) is 1.25. The van der Waals surface area contributed by atoms with Crippen LogP contribution in [0.25, 0.3) is 0 Å². The first-order chi connectivity index (χ1) is 7.72. The van der Waals surface area contributed by atoms with Crippen molar-refractivity contribution in [3.8, 4) is 0 Å². The Morgan fingerprint density at radius 3 is 2.17 bits per heavy atom. The first-order valence-corrected chi connectivity index (χ1v) is 5.05. The molecule has 0 bridgehead atoms. The van der Waals surface area contributed by atoms with Crippen molar-refractivity contribution in [3.63, 3.8) is 0 Å². The van der Waals surface area contributed by atoms with E-state index in [1.54, 1.807) is 20.8 Å². The number of nitrogen functional groups attached to an aromatic ring is 1. The van der Waals surface area contributed by atoms with Crippen molar-refractivity contribution in [2.45, 2.75) is 26.4 Å². The molecular formula is C12H14CsNO4. The monoisotopic (exact) mass is 369 g/mol. The molecule has 1 rings (SSSR count). The molecule has 0 spiro atoms. The Bertz CT molecular complexity index is 466. The molecule has 0 amide bonds. The van der Waals surface area contributed by atoms with Gasteiger partial charge in [0.15, 0.2) is 0 Å². The van der Waals surface area contributed by atoms with Gasteiger partial charge in [-0.25, -0.2) is 4.79 Å². The second-order valence-corrected chi connectivity index (χ2v) is 4.56. The van der Waals surface area contributed by atoms with E-state index in [0.717, 1.165) is 0 Å². The molecule has 6 heteroatoms. The second-order valence-electron chi connectivity index (χ2n) is 4.56. The quantitative estimate of drug-likeness (QED) is 0.463. The van der Waals surface area contributed by atoms with Gasteiger partial charge in [-0.15, -0.1) is 0 Å². The maximum absolute atomic E-state index is 11.7. The molecule has 0 unspecified atom stereocenters. The van der Waals surface area contributed by atoms with E-state index in [1.165, 1.54) is 18.2 Å². The number of para-hydroxylation sites is 1. The van der Waals surface area contributed by atoms with Crippen LogP contribution in [0.2, 0.25) is 0 Å². The summed E-state index contributed by atoms with van der Waals surface area (Å²) in [5.41, 5.74) is 4.59. The van der Waals surface area contributed by atoms with Gasteiger partial charge in [0, 0.05) is 5.56 Å². The van der Waals surface area contributed by atoms with E-state index in [0.29, 0.717) is 0 Å². The summed E-state index contributed by atoms with van der Waals surface area (Å²) in [5.74, 6) is -2.08. The van der Waals surface area contributed by atoms with E-state index >= 15 is 0 Å². The fraction of sp³-hybridized carbons (Fsp3) is 0.333. The molecule has 1 aromatic rings. The average molecular weight is 369 g/mol. The third-order valence-electron chi connectivity index (χ3n) is 1.94. The first-order valence-electron chi connectivity index (χ1n) is 5.05. The summed E-state index contributed by atoms with van der Waals surface area (Å²) in [6.07, 6.45) is 0. The minimum Gasteiger partial charge on any atom is -0.545 e. The van der Waals surface area contributed by atoms with Crippen LogP contribution in [-0.2, 0) is 4.74 Å². The Balaban J connectivity index is 0.00000289. The molecule has 0 aromatic heterocycles. The van der Waals surface area contributed by atoms with Gasteiger partial charge < -0.3 is 20.4 Å². The fourth-order valence-electron chi connectivity index (χ4n) is 1.25. The van der Waals surface area contributed by atoms with Gasteiger partial charge in [0.1, 0.15) is 5.60 Å². The topological polar surface area (TPSA) is 92.5 Å². The third kappa shape index (κ3) is 4.95. The summed E-state index contributed by atoms with van der Waals surface area (Å²) in [4.78, 5) is 22.5. The maximum atomic E-state index is 11.7. The molecule has 18 heavy (non-hydrogen) atoms. The van der Waals surface area contributed by atoms with Crippen molar-refractivity contribution >= 4 is 17.6 Å². The molecule has 0 aliphatic heterocycles. The van der Waals surface area contributed by atoms with Crippen molar-refractivity contribution in [3.05, 3.63) is 29.3 Å². The zero-order chi connectivity index (χ0) is 13.2. The smallest absolute Gasteiger partial charge is 0.545 e. The van der Waals surface area contributed by atoms with E-state index < -0.39 is 17.5 Å². The van der Waals surface area contributed by atoms with Crippen LogP contribution in [-0.4, -0.2) is 17.5 Å². The van der Waals surface area contributed by atoms with Gasteiger partial charge in [0.05, 0.1) is 17.2 Å². The summed E-state index contributed by atoms with van der Waals surface area (Å²) in [6, 6.07) is 4.11. The minimum absolute atomic E-state index is 0. The number of hydrogen-bond acceptors (Lipinski definition) is 5. The Morgan fingerprint density at radius 1 is 1.22 bits per heavy atom. The number of hydrogen-bond donors (Lipinski definition) is 1. The number of anilines is 1. The SMILES string of the molecule is CC(C)(C)OC(=O)c1cccc(C(=O)[O-])c1N.[Cs+]. The van der Waals surface area contributed by atoms with Crippen LogP contribution in [0.1, 0.15) is 41.5 Å². The molecule has 0 aliphatic carbocycles. The molecule has 1 aromatic carbocycles. The zero-order valence-corrected chi connectivity index (χ0v) is 17.2. The predicted molar refractivity (Wildman–Crippen MR) is 60.4 cm³/mol. The molecule has 0 atom stereocenters. The molecule has 0 heterocycles. The van der Waals surface area contributed by atoms with Crippen molar-refractivity contribution in [2.24, 2.45) is 0 Å². The number of benzene rings is 1. The van der Waals surface area contributed by atoms with Crippen LogP contribution in [0, 0.1) is 0 Å². The van der Waals surface area contributed by atoms with Gasteiger partial charge in [0.25, 0.3) is 0 Å². The minimum atomic E-state index is -1.42. The largest absolute Gasteiger partial charge is 1.00 e. The molecule has 0 saturated carbocycles. The molecule has 92 valence electrons. The number of carbonyl (C=O) groups excluding carboxylic acids is 2. The Hall–Kier alpha value is 0.0119. The summed E-state index contributed by atoms with van der Waals surface area (Å²) in [6.45, 7) is 5.14. The van der Waals surface area contributed by atoms with Crippen LogP contribution in [0.3, 0.4) is 0 Å². The Morgan fingerprint density at radius 2 is 1.72 bits per heavy atom. The van der Waals surface area contributed by atoms with E-state index in [4.69, 9.17) is 10.5 Å². The molecular weight excluding hydrogens is 355 g/mol. The molecule has 0 radical (unpaired) electrons. The van der Waals surface area contributed by atoms with Crippen LogP contribution >= 0.6 is 0 Å². The summed E-state index contributed by atoms with van der Waals surface area (Å²) >= 11 is 0. The van der Waals surface area contributed by atoms with Crippen molar-refractivity contribution < 1.29 is 88.3 Å². The second kappa shape index (κ2) is 6.97. The number of nitrogens with two attached hydrogens (primary N) is 1. The molecule has 0 saturated heterocycles. The van der Waals surface area contributed by atoms with Crippen molar-refractivity contribution in [1.29, 1.82) is 0 Å². The molecule has 0 aliphatic rings. The van der Waals surface area contributed by atoms with Gasteiger partial charge in [-0.05, 0) is 26.8 Å². The number of carbonyl (C=O) groups is 2. The van der Waals surface area contributed by atoms with Crippen molar-refractivity contribution in [1.82, 2.24) is 0 Å². The van der Waals surface area contributed by atoms with Crippen LogP contribution in [0.4, 0.5) is 5.69 Å². The number of esters is 1. The van der Waals surface area contributed by atoms with Crippen LogP contribution in [0.5, 0.6) is 0 Å². The number of carboxylic acid groups (broad SMARTS) is 1. The van der Waals surface area contributed by atoms with Gasteiger partial charge >= 0.3 is 74.9 Å². The predicted octanol–water partition coefficient (Wildman–Crippen LogP) is -2.41. The van der Waals surface area contributed by atoms with E-state index in [1.807, 2.05) is 0 Å². The van der Waals surface area contributed by atoms with Gasteiger partial charge in [-0.2, -0.15) is 0 Å². The third-order valence-corrected chi connectivity index (χ3v) is 1.94. The maximum Gasteiger partial charge on any atom is 1.00 e. The van der Waals surface area contributed by atoms with Gasteiger partial charge in [-0.1, -0.05) is 12.1 Å². The first kappa shape index (κ1) is 18.0. The Kier molecular flexibility index (Phi) is 6.98. The van der Waals surface area contributed by atoms with Crippen LogP contribution < -0.4 is 79.7 Å².